The van der Waals surface area contributed by atoms with E-state index in [1.807, 2.05) is 69.2 Å². The Morgan fingerprint density at radius 1 is 0.226 bits per heavy atom. The second kappa shape index (κ2) is 303. The highest BCUT2D eigenvalue weighted by Gasteiger charge is 2.17. The lowest BCUT2D eigenvalue weighted by Gasteiger charge is -2.26. The average molecular weight is 946 g/mol. The third kappa shape index (κ3) is 311. The van der Waals surface area contributed by atoms with Gasteiger partial charge >= 0.3 is 0 Å². The van der Waals surface area contributed by atoms with Gasteiger partial charge in [0.25, 0.3) is 0 Å². The molecule has 62 heavy (non-hydrogen) atoms. The molecule has 0 radical (unpaired) electrons. The molecule has 0 aromatic rings. The van der Waals surface area contributed by atoms with Crippen LogP contribution in [0.1, 0.15) is 322 Å². The first-order valence-electron chi connectivity index (χ1n) is 14.6. The maximum atomic E-state index is 4.88. The number of ether oxygens (including phenoxy) is 6. The fraction of sp³-hybridized carbons (Fsp3) is 1.00. The molecule has 0 amide bonds. The van der Waals surface area contributed by atoms with Crippen LogP contribution in [-0.2, 0) is 28.4 Å². The van der Waals surface area contributed by atoms with E-state index in [1.165, 1.54) is 38.5 Å². The van der Waals surface area contributed by atoms with Gasteiger partial charge in [0, 0.05) is 39.6 Å². The highest BCUT2D eigenvalue weighted by molar-refractivity contribution is 4.70. The van der Waals surface area contributed by atoms with Crippen LogP contribution in [0, 0.1) is 11.8 Å². The van der Waals surface area contributed by atoms with E-state index >= 15 is 0 Å². The van der Waals surface area contributed by atoms with E-state index in [0.29, 0.717) is 33.6 Å². The Hall–Kier alpha value is -0.240. The first-order valence-corrected chi connectivity index (χ1v) is 14.6. The van der Waals surface area contributed by atoms with Crippen molar-refractivity contribution in [2.45, 2.75) is 322 Å². The molecule has 1 rings (SSSR count). The molecule has 1 fully saturated rings. The summed E-state index contributed by atoms with van der Waals surface area (Å²) in [5.74, 6) is 2.14. The fourth-order valence-electron chi connectivity index (χ4n) is 2.80. The maximum Gasteiger partial charge on any atom is 0.149 e. The van der Waals surface area contributed by atoms with Gasteiger partial charge in [-0.25, -0.2) is 0 Å². The molecule has 0 aromatic heterocycles. The zero-order chi connectivity index (χ0) is 28.0. The Morgan fingerprint density at radius 3 is 0.452 bits per heavy atom. The molecule has 0 aliphatic heterocycles. The van der Waals surface area contributed by atoms with E-state index in [9.17, 15) is 0 Å². The Labute approximate surface area is 421 Å². The van der Waals surface area contributed by atoms with Gasteiger partial charge in [0.2, 0.25) is 0 Å². The normalized spacial score (nSPS) is 8.90. The molecule has 0 bridgehead atoms. The summed E-state index contributed by atoms with van der Waals surface area (Å²) in [4.78, 5) is 0. The lowest BCUT2D eigenvalue weighted by atomic mass is 9.80. The molecule has 436 valence electrons. The quantitative estimate of drug-likeness (QED) is 0.128. The summed E-state index contributed by atoms with van der Waals surface area (Å²) in [6.07, 6.45) is 8.86. The van der Waals surface area contributed by atoms with Crippen molar-refractivity contribution in [2.75, 3.05) is 60.0 Å². The Kier molecular flexibility index (Phi) is 1260. The molecule has 1 aliphatic rings. The van der Waals surface area contributed by atoms with Crippen molar-refractivity contribution in [3.05, 3.63) is 0 Å². The van der Waals surface area contributed by atoms with Gasteiger partial charge in [0.15, 0.2) is 0 Å². The van der Waals surface area contributed by atoms with Crippen LogP contribution in [0.25, 0.3) is 0 Å². The molecule has 0 unspecified atom stereocenters. The van der Waals surface area contributed by atoms with E-state index in [2.05, 4.69) is 13.8 Å². The molecule has 0 atom stereocenters. The van der Waals surface area contributed by atoms with Crippen LogP contribution in [0.5, 0.6) is 0 Å². The van der Waals surface area contributed by atoms with Crippen LogP contribution in [0.2, 0.25) is 0 Å². The molecule has 0 aromatic carbocycles. The first-order chi connectivity index (χ1) is 17.1. The zero-order valence-corrected chi connectivity index (χ0v) is 26.2. The van der Waals surface area contributed by atoms with Gasteiger partial charge in [0.05, 0.1) is 0 Å². The highest BCUT2D eigenvalue weighted by Crippen LogP contribution is 2.31. The predicted octanol–water partition coefficient (Wildman–Crippen LogP) is 25.9. The largest absolute Gasteiger partial charge is 0.382 e. The van der Waals surface area contributed by atoms with Crippen molar-refractivity contribution >= 4 is 0 Å². The molecule has 6 nitrogen and oxygen atoms in total. The topological polar surface area (TPSA) is 55.4 Å². The summed E-state index contributed by atoms with van der Waals surface area (Å²) in [6, 6.07) is 0. The van der Waals surface area contributed by atoms with Crippen LogP contribution in [0.4, 0.5) is 0 Å². The smallest absolute Gasteiger partial charge is 0.149 e. The summed E-state index contributed by atoms with van der Waals surface area (Å²) < 4.78 is 29.2. The Bertz CT molecular complexity index is 253. The van der Waals surface area contributed by atoms with Crippen LogP contribution in [0.3, 0.4) is 0 Å². The van der Waals surface area contributed by atoms with Crippen molar-refractivity contribution in [1.29, 1.82) is 0 Å². The van der Waals surface area contributed by atoms with Crippen LogP contribution in [0.15, 0.2) is 0 Å². The average Bonchev–Trinajstić information content (AvgIpc) is 2.93. The molecule has 0 saturated heterocycles. The lowest BCUT2D eigenvalue weighted by Crippen LogP contribution is -2.12. The summed E-state index contributed by atoms with van der Waals surface area (Å²) in [5.41, 5.74) is 0. The standard InChI is InChI=1S/C10H20.C6H14O3.C5H12O2.C4H10O.2C2H6.27CH4/c1-3-9-5-7-10(4-2)8-6-9;1-3-7-5-9-6-8-4-2;1-3-6-5-7-4-2;1-3-5-4-2;2*1-2;;;;;;;;;;;;;;;;;;;;;;;;;;;/h9-10H,3-8H2,1-2H3;3-6H2,1-2H3;3-5H2,1-2H3;3-4H2,1-2H3;2*1-2H3;27*1H4. The van der Waals surface area contributed by atoms with Gasteiger partial charge in [-0.3, -0.25) is 0 Å². The highest BCUT2D eigenvalue weighted by atomic mass is 16.7. The van der Waals surface area contributed by atoms with Crippen LogP contribution < -0.4 is 0 Å². The first kappa shape index (κ1) is 257. The number of hydrogen-bond acceptors (Lipinski definition) is 6. The molecular formula is C56H176O6. The van der Waals surface area contributed by atoms with Crippen molar-refractivity contribution in [3.63, 3.8) is 0 Å². The maximum absolute atomic E-state index is 4.88. The molecule has 0 heterocycles. The fourth-order valence-corrected chi connectivity index (χ4v) is 2.80. The third-order valence-corrected chi connectivity index (χ3v) is 4.85. The molecule has 1 saturated carbocycles. The van der Waals surface area contributed by atoms with E-state index in [1.54, 1.807) is 0 Å². The molecular weight excluding hydrogens is 769 g/mol. The summed E-state index contributed by atoms with van der Waals surface area (Å²) in [5, 5.41) is 0. The minimum Gasteiger partial charge on any atom is -0.382 e. The van der Waals surface area contributed by atoms with Gasteiger partial charge < -0.3 is 28.4 Å². The van der Waals surface area contributed by atoms with Crippen molar-refractivity contribution < 1.29 is 28.4 Å². The summed E-state index contributed by atoms with van der Waals surface area (Å²) in [6.45, 7) is 30.0. The molecule has 0 N–H and O–H groups in total. The zero-order valence-electron chi connectivity index (χ0n) is 26.2. The van der Waals surface area contributed by atoms with E-state index in [-0.39, 0.29) is 201 Å². The minimum atomic E-state index is 0. The van der Waals surface area contributed by atoms with Crippen LogP contribution in [-0.4, -0.2) is 60.0 Å². The molecule has 0 spiro atoms. The number of hydrogen-bond donors (Lipinski definition) is 0. The van der Waals surface area contributed by atoms with E-state index < -0.39 is 0 Å². The monoisotopic (exact) mass is 945 g/mol. The summed E-state index contributed by atoms with van der Waals surface area (Å²) in [7, 11) is 0. The van der Waals surface area contributed by atoms with Crippen molar-refractivity contribution in [2.24, 2.45) is 11.8 Å². The second-order valence-corrected chi connectivity index (χ2v) is 7.01. The van der Waals surface area contributed by atoms with Gasteiger partial charge in [-0.05, 0) is 53.4 Å². The minimum absolute atomic E-state index is 0. The van der Waals surface area contributed by atoms with Crippen LogP contribution >= 0.6 is 0 Å². The van der Waals surface area contributed by atoms with E-state index in [4.69, 9.17) is 28.4 Å². The van der Waals surface area contributed by atoms with Gasteiger partial charge in [0.1, 0.15) is 20.4 Å². The van der Waals surface area contributed by atoms with Crippen molar-refractivity contribution in [3.8, 4) is 0 Å². The summed E-state index contributed by atoms with van der Waals surface area (Å²) >= 11 is 0. The molecule has 1 aliphatic carbocycles. The second-order valence-electron chi connectivity index (χ2n) is 7.01. The lowest BCUT2D eigenvalue weighted by molar-refractivity contribution is -0.126. The molecule has 6 heteroatoms. The third-order valence-electron chi connectivity index (χ3n) is 4.85. The van der Waals surface area contributed by atoms with Crippen molar-refractivity contribution in [1.82, 2.24) is 0 Å². The predicted molar refractivity (Wildman–Crippen MR) is 335 cm³/mol. The SMILES string of the molecule is C.C.C.C.C.C.C.C.C.C.C.C.C.C.C.C.C.C.C.C.C.C.C.C.C.C.C.CC.CC.CCC1CCC(CC)CC1.CCOCC.CCOCOCC.CCOCOCOCC. The van der Waals surface area contributed by atoms with Gasteiger partial charge in [-0.1, -0.05) is 281 Å². The van der Waals surface area contributed by atoms with E-state index in [0.717, 1.165) is 38.3 Å². The Balaban J connectivity index is -0.00000000556. The van der Waals surface area contributed by atoms with Gasteiger partial charge in [-0.2, -0.15) is 0 Å². The number of rotatable bonds is 14. The van der Waals surface area contributed by atoms with Gasteiger partial charge in [-0.15, -0.1) is 0 Å². The Morgan fingerprint density at radius 2 is 0.355 bits per heavy atom.